The lowest BCUT2D eigenvalue weighted by Gasteiger charge is -2.34. The van der Waals surface area contributed by atoms with Gasteiger partial charge in [-0.2, -0.15) is 0 Å². The third-order valence-electron chi connectivity index (χ3n) is 3.92. The number of thiazole rings is 1. The average molecular weight is 325 g/mol. The molecule has 2 amide bonds. The maximum atomic E-state index is 12.2. The Morgan fingerprint density at radius 3 is 2.73 bits per heavy atom. The first-order valence-corrected chi connectivity index (χ1v) is 8.37. The summed E-state index contributed by atoms with van der Waals surface area (Å²) in [6.07, 6.45) is 1.40. The molecule has 22 heavy (non-hydrogen) atoms. The predicted molar refractivity (Wildman–Crippen MR) is 85.2 cm³/mol. The van der Waals surface area contributed by atoms with E-state index in [0.717, 1.165) is 17.1 Å². The number of nitrogens with zero attached hydrogens (tertiary/aromatic N) is 2. The van der Waals surface area contributed by atoms with Crippen molar-refractivity contribution in [1.29, 1.82) is 0 Å². The number of carboxylic acids is 1. The van der Waals surface area contributed by atoms with Crippen LogP contribution in [0.3, 0.4) is 0 Å². The fourth-order valence-corrected chi connectivity index (χ4v) is 3.83. The zero-order valence-electron chi connectivity index (χ0n) is 13.3. The fourth-order valence-electron chi connectivity index (χ4n) is 2.90. The number of carboxylic acid groups (broad SMARTS) is 1. The lowest BCUT2D eigenvalue weighted by molar-refractivity contribution is -0.143. The Morgan fingerprint density at radius 2 is 2.14 bits per heavy atom. The minimum absolute atomic E-state index is 0.170. The van der Waals surface area contributed by atoms with Crippen LogP contribution in [0.4, 0.5) is 4.79 Å². The molecule has 0 aromatic carbocycles. The predicted octanol–water partition coefficient (Wildman–Crippen LogP) is 2.05. The second kappa shape index (κ2) is 7.09. The van der Waals surface area contributed by atoms with Crippen molar-refractivity contribution < 1.29 is 14.7 Å². The molecule has 1 saturated heterocycles. The van der Waals surface area contributed by atoms with Gasteiger partial charge in [-0.25, -0.2) is 9.78 Å². The van der Waals surface area contributed by atoms with E-state index in [-0.39, 0.29) is 11.9 Å². The van der Waals surface area contributed by atoms with Gasteiger partial charge in [0.05, 0.1) is 16.6 Å². The number of hydrogen-bond acceptors (Lipinski definition) is 4. The van der Waals surface area contributed by atoms with E-state index in [4.69, 9.17) is 5.11 Å². The number of rotatable bonds is 4. The molecule has 2 atom stereocenters. The highest BCUT2D eigenvalue weighted by Gasteiger charge is 2.31. The van der Waals surface area contributed by atoms with Gasteiger partial charge in [-0.05, 0) is 26.2 Å². The number of aryl methyl sites for hydroxylation is 2. The highest BCUT2D eigenvalue weighted by molar-refractivity contribution is 7.11. The van der Waals surface area contributed by atoms with Crippen molar-refractivity contribution in [2.45, 2.75) is 33.6 Å². The van der Waals surface area contributed by atoms with Crippen LogP contribution >= 0.6 is 11.3 Å². The van der Waals surface area contributed by atoms with Crippen LogP contribution in [0.15, 0.2) is 0 Å². The van der Waals surface area contributed by atoms with Crippen molar-refractivity contribution in [3.8, 4) is 0 Å². The van der Waals surface area contributed by atoms with Crippen LogP contribution in [0.2, 0.25) is 0 Å². The molecule has 1 aliphatic rings. The highest BCUT2D eigenvalue weighted by Crippen LogP contribution is 2.22. The molecule has 2 rings (SSSR count). The minimum Gasteiger partial charge on any atom is -0.481 e. The van der Waals surface area contributed by atoms with Gasteiger partial charge in [0.1, 0.15) is 0 Å². The molecule has 2 N–H and O–H groups in total. The number of likely N-dealkylation sites (tertiary alicyclic amines) is 1. The van der Waals surface area contributed by atoms with E-state index in [1.165, 1.54) is 4.88 Å². The van der Waals surface area contributed by atoms with Gasteiger partial charge in [0, 0.05) is 30.9 Å². The van der Waals surface area contributed by atoms with Crippen LogP contribution in [-0.4, -0.2) is 46.6 Å². The molecule has 6 nitrogen and oxygen atoms in total. The van der Waals surface area contributed by atoms with Gasteiger partial charge in [-0.1, -0.05) is 6.92 Å². The number of aliphatic carboxylic acids is 1. The Morgan fingerprint density at radius 1 is 1.41 bits per heavy atom. The summed E-state index contributed by atoms with van der Waals surface area (Å²) in [6.45, 7) is 7.40. The summed E-state index contributed by atoms with van der Waals surface area (Å²) < 4.78 is 0. The first-order chi connectivity index (χ1) is 10.4. The average Bonchev–Trinajstić information content (AvgIpc) is 2.76. The molecule has 1 aliphatic heterocycles. The molecule has 7 heteroatoms. The maximum absolute atomic E-state index is 12.2. The van der Waals surface area contributed by atoms with Gasteiger partial charge in [0.2, 0.25) is 0 Å². The van der Waals surface area contributed by atoms with E-state index < -0.39 is 11.9 Å². The van der Waals surface area contributed by atoms with Gasteiger partial charge in [-0.3, -0.25) is 4.79 Å². The zero-order chi connectivity index (χ0) is 16.3. The summed E-state index contributed by atoms with van der Waals surface area (Å²) >= 11 is 1.65. The number of carbonyl (C=O) groups is 2. The van der Waals surface area contributed by atoms with Crippen LogP contribution in [0.5, 0.6) is 0 Å². The van der Waals surface area contributed by atoms with Crippen molar-refractivity contribution in [3.63, 3.8) is 0 Å². The second-order valence-corrected chi connectivity index (χ2v) is 7.29. The molecule has 1 aromatic heterocycles. The molecule has 0 saturated carbocycles. The summed E-state index contributed by atoms with van der Waals surface area (Å²) in [7, 11) is 0. The zero-order valence-corrected chi connectivity index (χ0v) is 14.1. The first-order valence-electron chi connectivity index (χ1n) is 7.55. The molecule has 1 aromatic rings. The van der Waals surface area contributed by atoms with Crippen LogP contribution in [-0.2, 0) is 11.2 Å². The van der Waals surface area contributed by atoms with Crippen molar-refractivity contribution in [3.05, 3.63) is 15.6 Å². The molecule has 0 radical (unpaired) electrons. The van der Waals surface area contributed by atoms with Crippen molar-refractivity contribution in [1.82, 2.24) is 15.2 Å². The fraction of sp³-hybridized carbons (Fsp3) is 0.667. The molecule has 0 aliphatic carbocycles. The number of piperidine rings is 1. The van der Waals surface area contributed by atoms with E-state index in [9.17, 15) is 9.59 Å². The molecule has 0 spiro atoms. The topological polar surface area (TPSA) is 82.5 Å². The normalized spacial score (nSPS) is 21.7. The number of carbonyl (C=O) groups excluding carboxylic acids is 1. The van der Waals surface area contributed by atoms with Crippen LogP contribution in [0.25, 0.3) is 0 Å². The summed E-state index contributed by atoms with van der Waals surface area (Å²) in [5, 5.41) is 13.1. The Kier molecular flexibility index (Phi) is 5.39. The molecule has 0 bridgehead atoms. The Hall–Kier alpha value is -1.63. The summed E-state index contributed by atoms with van der Waals surface area (Å²) in [5.41, 5.74) is 1.02. The van der Waals surface area contributed by atoms with E-state index in [0.29, 0.717) is 26.1 Å². The first kappa shape index (κ1) is 16.7. The largest absolute Gasteiger partial charge is 0.481 e. The Labute approximate surface area is 134 Å². The Balaban J connectivity index is 1.84. The standard InChI is InChI=1S/C15H23N3O3S/c1-9-6-12(14(19)20)8-18(7-9)15(21)16-5-4-13-10(2)17-11(3)22-13/h9,12H,4-8H2,1-3H3,(H,16,21)(H,19,20). The quantitative estimate of drug-likeness (QED) is 0.887. The van der Waals surface area contributed by atoms with Crippen LogP contribution in [0.1, 0.15) is 28.9 Å². The maximum Gasteiger partial charge on any atom is 0.317 e. The molecule has 1 fully saturated rings. The minimum atomic E-state index is -0.819. The molecular formula is C15H23N3O3S. The monoisotopic (exact) mass is 325 g/mol. The van der Waals surface area contributed by atoms with Gasteiger partial charge in [-0.15, -0.1) is 11.3 Å². The summed E-state index contributed by atoms with van der Waals surface area (Å²) in [4.78, 5) is 30.5. The SMILES string of the molecule is Cc1nc(C)c(CCNC(=O)N2CC(C)CC(C(=O)O)C2)s1. The summed E-state index contributed by atoms with van der Waals surface area (Å²) in [5.74, 6) is -1.06. The lowest BCUT2D eigenvalue weighted by Crippen LogP contribution is -2.49. The lowest BCUT2D eigenvalue weighted by atomic mass is 9.91. The van der Waals surface area contributed by atoms with Gasteiger partial charge in [0.15, 0.2) is 0 Å². The number of urea groups is 1. The highest BCUT2D eigenvalue weighted by atomic mass is 32.1. The molecule has 2 unspecified atom stereocenters. The van der Waals surface area contributed by atoms with E-state index in [2.05, 4.69) is 10.3 Å². The third kappa shape index (κ3) is 4.19. The molecular weight excluding hydrogens is 302 g/mol. The van der Waals surface area contributed by atoms with Crippen molar-refractivity contribution in [2.24, 2.45) is 11.8 Å². The second-order valence-electron chi connectivity index (χ2n) is 6.00. The van der Waals surface area contributed by atoms with Crippen molar-refractivity contribution >= 4 is 23.3 Å². The van der Waals surface area contributed by atoms with E-state index >= 15 is 0 Å². The van der Waals surface area contributed by atoms with E-state index in [1.54, 1.807) is 16.2 Å². The molecule has 122 valence electrons. The summed E-state index contributed by atoms with van der Waals surface area (Å²) in [6, 6.07) is -0.170. The van der Waals surface area contributed by atoms with Gasteiger partial charge < -0.3 is 15.3 Å². The third-order valence-corrected chi connectivity index (χ3v) is 5.06. The molecule has 2 heterocycles. The van der Waals surface area contributed by atoms with Gasteiger partial charge in [0.25, 0.3) is 0 Å². The van der Waals surface area contributed by atoms with Crippen molar-refractivity contribution in [2.75, 3.05) is 19.6 Å². The number of amides is 2. The van der Waals surface area contributed by atoms with Gasteiger partial charge >= 0.3 is 12.0 Å². The van der Waals surface area contributed by atoms with Crippen LogP contribution < -0.4 is 5.32 Å². The number of aromatic nitrogens is 1. The number of nitrogens with one attached hydrogen (secondary N) is 1. The van der Waals surface area contributed by atoms with Crippen LogP contribution in [0, 0.1) is 25.7 Å². The smallest absolute Gasteiger partial charge is 0.317 e. The van der Waals surface area contributed by atoms with E-state index in [1.807, 2.05) is 20.8 Å². The number of hydrogen-bond donors (Lipinski definition) is 2. The Bertz CT molecular complexity index is 558.